The normalized spacial score (nSPS) is 17.6. The van der Waals surface area contributed by atoms with Crippen LogP contribution in [-0.2, 0) is 4.79 Å². The van der Waals surface area contributed by atoms with Crippen molar-refractivity contribution in [2.24, 2.45) is 0 Å². The topological polar surface area (TPSA) is 44.4 Å². The number of amides is 1. The predicted molar refractivity (Wildman–Crippen MR) is 73.9 cm³/mol. The Morgan fingerprint density at radius 2 is 2.06 bits per heavy atom. The molecule has 1 atom stereocenters. The van der Waals surface area contributed by atoms with Gasteiger partial charge in [0, 0.05) is 19.6 Å². The van der Waals surface area contributed by atoms with Crippen molar-refractivity contribution in [1.82, 2.24) is 15.5 Å². The van der Waals surface area contributed by atoms with Gasteiger partial charge in [-0.15, -0.1) is 0 Å². The van der Waals surface area contributed by atoms with Gasteiger partial charge in [0.1, 0.15) is 6.04 Å². The van der Waals surface area contributed by atoms with E-state index >= 15 is 0 Å². The summed E-state index contributed by atoms with van der Waals surface area (Å²) in [5, 5.41) is 6.92. The molecule has 0 aromatic rings. The fraction of sp³-hybridized carbons (Fsp3) is 0.833. The monoisotopic (exact) mass is 257 g/mol. The fourth-order valence-electron chi connectivity index (χ4n) is 2.04. The van der Waals surface area contributed by atoms with Gasteiger partial charge in [-0.3, -0.25) is 4.79 Å². The molecule has 98 valence electrons. The molecule has 1 unspecified atom stereocenters. The summed E-state index contributed by atoms with van der Waals surface area (Å²) in [5.74, 6) is 0.0723. The standard InChI is InChI=1S/C12H23N3OS/c1-4-15(3)11(16)9(2)13-12(17)14-10-7-5-6-8-10/h9-10H,4-8H2,1-3H3,(H2,13,14,17). The third-order valence-electron chi connectivity index (χ3n) is 3.26. The van der Waals surface area contributed by atoms with Gasteiger partial charge in [0.25, 0.3) is 0 Å². The minimum Gasteiger partial charge on any atom is -0.360 e. The average molecular weight is 257 g/mol. The smallest absolute Gasteiger partial charge is 0.244 e. The Morgan fingerprint density at radius 1 is 1.47 bits per heavy atom. The molecule has 0 aliphatic heterocycles. The molecular weight excluding hydrogens is 234 g/mol. The lowest BCUT2D eigenvalue weighted by molar-refractivity contribution is -0.131. The minimum atomic E-state index is -0.263. The molecule has 4 nitrogen and oxygen atoms in total. The maximum absolute atomic E-state index is 11.8. The van der Waals surface area contributed by atoms with E-state index in [-0.39, 0.29) is 11.9 Å². The van der Waals surface area contributed by atoms with Crippen LogP contribution in [0.5, 0.6) is 0 Å². The van der Waals surface area contributed by atoms with Gasteiger partial charge in [0.15, 0.2) is 5.11 Å². The van der Waals surface area contributed by atoms with Gasteiger partial charge >= 0.3 is 0 Å². The molecule has 1 aliphatic rings. The van der Waals surface area contributed by atoms with Gasteiger partial charge < -0.3 is 15.5 Å². The highest BCUT2D eigenvalue weighted by atomic mass is 32.1. The van der Waals surface area contributed by atoms with Crippen LogP contribution < -0.4 is 10.6 Å². The van der Waals surface area contributed by atoms with Crippen molar-refractivity contribution in [2.75, 3.05) is 13.6 Å². The SMILES string of the molecule is CCN(C)C(=O)C(C)NC(=S)NC1CCCC1. The number of rotatable bonds is 4. The molecule has 5 heteroatoms. The highest BCUT2D eigenvalue weighted by Crippen LogP contribution is 2.17. The van der Waals surface area contributed by atoms with Crippen LogP contribution in [0, 0.1) is 0 Å². The van der Waals surface area contributed by atoms with E-state index in [1.807, 2.05) is 13.8 Å². The highest BCUT2D eigenvalue weighted by Gasteiger charge is 2.19. The van der Waals surface area contributed by atoms with Gasteiger partial charge in [-0.25, -0.2) is 0 Å². The summed E-state index contributed by atoms with van der Waals surface area (Å²) in [5.41, 5.74) is 0. The van der Waals surface area contributed by atoms with Gasteiger partial charge in [-0.1, -0.05) is 12.8 Å². The molecule has 0 bridgehead atoms. The summed E-state index contributed by atoms with van der Waals surface area (Å²) in [4.78, 5) is 13.5. The molecule has 2 N–H and O–H groups in total. The van der Waals surface area contributed by atoms with Crippen molar-refractivity contribution >= 4 is 23.2 Å². The number of nitrogens with zero attached hydrogens (tertiary/aromatic N) is 1. The Kier molecular flexibility index (Phi) is 5.68. The molecule has 0 heterocycles. The number of carbonyl (C=O) groups excluding carboxylic acids is 1. The third kappa shape index (κ3) is 4.50. The number of hydrogen-bond donors (Lipinski definition) is 2. The van der Waals surface area contributed by atoms with E-state index in [2.05, 4.69) is 10.6 Å². The van der Waals surface area contributed by atoms with Crippen molar-refractivity contribution in [1.29, 1.82) is 0 Å². The van der Waals surface area contributed by atoms with E-state index in [1.54, 1.807) is 11.9 Å². The van der Waals surface area contributed by atoms with Crippen LogP contribution in [0.25, 0.3) is 0 Å². The fourth-order valence-corrected chi connectivity index (χ4v) is 2.39. The molecule has 0 aromatic heterocycles. The zero-order valence-electron chi connectivity index (χ0n) is 11.0. The molecule has 1 amide bonds. The van der Waals surface area contributed by atoms with Gasteiger partial charge in [0.05, 0.1) is 0 Å². The van der Waals surface area contributed by atoms with Crippen LogP contribution >= 0.6 is 12.2 Å². The second-order valence-electron chi connectivity index (χ2n) is 4.67. The molecule has 0 radical (unpaired) electrons. The Balaban J connectivity index is 2.31. The maximum Gasteiger partial charge on any atom is 0.244 e. The zero-order valence-corrected chi connectivity index (χ0v) is 11.8. The lowest BCUT2D eigenvalue weighted by atomic mass is 10.2. The molecule has 0 spiro atoms. The van der Waals surface area contributed by atoms with E-state index in [9.17, 15) is 4.79 Å². The van der Waals surface area contributed by atoms with Crippen LogP contribution in [0.15, 0.2) is 0 Å². The number of thiocarbonyl (C=S) groups is 1. The molecule has 0 aromatic carbocycles. The molecule has 1 aliphatic carbocycles. The largest absolute Gasteiger partial charge is 0.360 e. The Morgan fingerprint density at radius 3 is 2.59 bits per heavy atom. The summed E-state index contributed by atoms with van der Waals surface area (Å²) in [6.07, 6.45) is 4.90. The second kappa shape index (κ2) is 6.79. The number of hydrogen-bond acceptors (Lipinski definition) is 2. The average Bonchev–Trinajstić information content (AvgIpc) is 2.79. The van der Waals surface area contributed by atoms with Gasteiger partial charge in [0.2, 0.25) is 5.91 Å². The van der Waals surface area contributed by atoms with Crippen molar-refractivity contribution in [3.8, 4) is 0 Å². The molecule has 0 saturated heterocycles. The minimum absolute atomic E-state index is 0.0723. The Hall–Kier alpha value is -0.840. The number of likely N-dealkylation sites (N-methyl/N-ethyl adjacent to an activating group) is 1. The lowest BCUT2D eigenvalue weighted by Gasteiger charge is -2.23. The van der Waals surface area contributed by atoms with Crippen molar-refractivity contribution in [3.63, 3.8) is 0 Å². The van der Waals surface area contributed by atoms with E-state index in [0.29, 0.717) is 17.7 Å². The van der Waals surface area contributed by atoms with Crippen LogP contribution in [0.1, 0.15) is 39.5 Å². The van der Waals surface area contributed by atoms with E-state index in [0.717, 1.165) is 0 Å². The number of carbonyl (C=O) groups is 1. The first kappa shape index (κ1) is 14.2. The third-order valence-corrected chi connectivity index (χ3v) is 3.49. The lowest BCUT2D eigenvalue weighted by Crippen LogP contribution is -2.50. The van der Waals surface area contributed by atoms with E-state index in [4.69, 9.17) is 12.2 Å². The van der Waals surface area contributed by atoms with Gasteiger partial charge in [-0.2, -0.15) is 0 Å². The molecule has 1 saturated carbocycles. The van der Waals surface area contributed by atoms with E-state index < -0.39 is 0 Å². The van der Waals surface area contributed by atoms with Crippen LogP contribution in [0.2, 0.25) is 0 Å². The van der Waals surface area contributed by atoms with Crippen molar-refractivity contribution in [2.45, 2.75) is 51.6 Å². The summed E-state index contributed by atoms with van der Waals surface area (Å²) in [6, 6.07) is 0.225. The summed E-state index contributed by atoms with van der Waals surface area (Å²) in [7, 11) is 1.80. The van der Waals surface area contributed by atoms with Crippen molar-refractivity contribution < 1.29 is 4.79 Å². The molecule has 1 rings (SSSR count). The maximum atomic E-state index is 11.8. The number of nitrogens with one attached hydrogen (secondary N) is 2. The quantitative estimate of drug-likeness (QED) is 0.744. The first-order valence-corrected chi connectivity index (χ1v) is 6.77. The Bertz CT molecular complexity index is 277. The predicted octanol–water partition coefficient (Wildman–Crippen LogP) is 1.26. The summed E-state index contributed by atoms with van der Waals surface area (Å²) in [6.45, 7) is 4.52. The second-order valence-corrected chi connectivity index (χ2v) is 5.08. The van der Waals surface area contributed by atoms with Crippen LogP contribution in [0.3, 0.4) is 0 Å². The summed E-state index contributed by atoms with van der Waals surface area (Å²) < 4.78 is 0. The van der Waals surface area contributed by atoms with Crippen LogP contribution in [-0.4, -0.2) is 41.6 Å². The summed E-state index contributed by atoms with van der Waals surface area (Å²) >= 11 is 5.22. The molecule has 17 heavy (non-hydrogen) atoms. The molecule has 1 fully saturated rings. The van der Waals surface area contributed by atoms with Gasteiger partial charge in [-0.05, 0) is 38.9 Å². The Labute approximate surface area is 109 Å². The first-order chi connectivity index (χ1) is 8.04. The first-order valence-electron chi connectivity index (χ1n) is 6.36. The van der Waals surface area contributed by atoms with Crippen molar-refractivity contribution in [3.05, 3.63) is 0 Å². The highest BCUT2D eigenvalue weighted by molar-refractivity contribution is 7.80. The zero-order chi connectivity index (χ0) is 12.8. The van der Waals surface area contributed by atoms with Crippen LogP contribution in [0.4, 0.5) is 0 Å². The molecular formula is C12H23N3OS. The van der Waals surface area contributed by atoms with E-state index in [1.165, 1.54) is 25.7 Å².